The molecule has 0 aliphatic heterocycles. The van der Waals surface area contributed by atoms with Gasteiger partial charge in [0.15, 0.2) is 0 Å². The maximum atomic E-state index is 10.7. The maximum Gasteiger partial charge on any atom is 0.336 e. The maximum absolute atomic E-state index is 10.7. The summed E-state index contributed by atoms with van der Waals surface area (Å²) in [7, 11) is 0. The second-order valence-electron chi connectivity index (χ2n) is 2.58. The zero-order valence-corrected chi connectivity index (χ0v) is 8.58. The van der Waals surface area contributed by atoms with E-state index in [2.05, 4.69) is 15.9 Å². The van der Waals surface area contributed by atoms with Crippen LogP contribution in [0.4, 0.5) is 0 Å². The van der Waals surface area contributed by atoms with Crippen molar-refractivity contribution in [3.05, 3.63) is 33.3 Å². The van der Waals surface area contributed by atoms with Gasteiger partial charge in [-0.15, -0.1) is 0 Å². The zero-order valence-electron chi connectivity index (χ0n) is 6.99. The van der Waals surface area contributed by atoms with Crippen molar-refractivity contribution in [2.24, 2.45) is 0 Å². The van der Waals surface area contributed by atoms with Gasteiger partial charge in [0.2, 0.25) is 0 Å². The first-order chi connectivity index (χ1) is 6.60. The van der Waals surface area contributed by atoms with Crippen molar-refractivity contribution in [2.45, 2.75) is 6.61 Å². The molecule has 0 heterocycles. The number of aromatic carboxylic acids is 1. The van der Waals surface area contributed by atoms with Crippen LogP contribution in [0, 0.1) is 11.3 Å². The summed E-state index contributed by atoms with van der Waals surface area (Å²) in [6.07, 6.45) is 0. The largest absolute Gasteiger partial charge is 0.478 e. The molecule has 0 atom stereocenters. The van der Waals surface area contributed by atoms with Crippen LogP contribution in [0.3, 0.4) is 0 Å². The molecule has 2 N–H and O–H groups in total. The van der Waals surface area contributed by atoms with Crippen molar-refractivity contribution in [3.63, 3.8) is 0 Å². The summed E-state index contributed by atoms with van der Waals surface area (Å²) in [5.74, 6) is -1.14. The summed E-state index contributed by atoms with van der Waals surface area (Å²) in [4.78, 5) is 10.7. The molecule has 72 valence electrons. The van der Waals surface area contributed by atoms with E-state index in [1.165, 1.54) is 12.1 Å². The van der Waals surface area contributed by atoms with Gasteiger partial charge in [-0.2, -0.15) is 5.26 Å². The van der Waals surface area contributed by atoms with Crippen molar-refractivity contribution >= 4 is 21.9 Å². The summed E-state index contributed by atoms with van der Waals surface area (Å²) >= 11 is 3.02. The lowest BCUT2D eigenvalue weighted by molar-refractivity contribution is 0.0695. The SMILES string of the molecule is N#Cc1cc(CO)cc(C(=O)O)c1Br. The van der Waals surface area contributed by atoms with E-state index in [0.717, 1.165) is 0 Å². The molecular weight excluding hydrogens is 250 g/mol. The molecule has 0 aliphatic carbocycles. The number of hydrogen-bond acceptors (Lipinski definition) is 3. The lowest BCUT2D eigenvalue weighted by Gasteiger charge is -2.04. The minimum Gasteiger partial charge on any atom is -0.478 e. The van der Waals surface area contributed by atoms with Crippen LogP contribution in [0.2, 0.25) is 0 Å². The molecule has 0 bridgehead atoms. The van der Waals surface area contributed by atoms with Crippen LogP contribution in [0.1, 0.15) is 21.5 Å². The molecule has 1 rings (SSSR count). The third kappa shape index (κ3) is 1.92. The second-order valence-corrected chi connectivity index (χ2v) is 3.37. The standard InChI is InChI=1S/C9H6BrNO3/c10-8-6(3-11)1-5(4-12)2-7(8)9(13)14/h1-2,12H,4H2,(H,13,14). The van der Waals surface area contributed by atoms with Crippen LogP contribution in [-0.4, -0.2) is 16.2 Å². The van der Waals surface area contributed by atoms with E-state index in [1.54, 1.807) is 0 Å². The van der Waals surface area contributed by atoms with E-state index in [4.69, 9.17) is 15.5 Å². The van der Waals surface area contributed by atoms with Gasteiger partial charge in [-0.1, -0.05) is 0 Å². The molecule has 0 saturated heterocycles. The summed E-state index contributed by atoms with van der Waals surface area (Å²) < 4.78 is 0.240. The van der Waals surface area contributed by atoms with Gasteiger partial charge in [0, 0.05) is 4.47 Å². The molecule has 4 nitrogen and oxygen atoms in total. The van der Waals surface area contributed by atoms with Gasteiger partial charge in [0.05, 0.1) is 17.7 Å². The number of benzene rings is 1. The van der Waals surface area contributed by atoms with Crippen LogP contribution in [0.25, 0.3) is 0 Å². The number of carboxylic acids is 1. The van der Waals surface area contributed by atoms with Crippen LogP contribution in [0.5, 0.6) is 0 Å². The Kier molecular flexibility index (Phi) is 3.23. The van der Waals surface area contributed by atoms with Crippen molar-refractivity contribution in [3.8, 4) is 6.07 Å². The predicted octanol–water partition coefficient (Wildman–Crippen LogP) is 1.51. The van der Waals surface area contributed by atoms with Gasteiger partial charge in [0.1, 0.15) is 6.07 Å². The number of aliphatic hydroxyl groups excluding tert-OH is 1. The molecule has 0 radical (unpaired) electrons. The highest BCUT2D eigenvalue weighted by Crippen LogP contribution is 2.23. The van der Waals surface area contributed by atoms with Gasteiger partial charge in [-0.3, -0.25) is 0 Å². The highest BCUT2D eigenvalue weighted by molar-refractivity contribution is 9.10. The Bertz CT molecular complexity index is 423. The van der Waals surface area contributed by atoms with Crippen molar-refractivity contribution in [1.82, 2.24) is 0 Å². The monoisotopic (exact) mass is 255 g/mol. The molecule has 0 aromatic heterocycles. The molecule has 0 aliphatic rings. The second kappa shape index (κ2) is 4.22. The molecule has 1 aromatic rings. The fourth-order valence-electron chi connectivity index (χ4n) is 1.01. The van der Waals surface area contributed by atoms with Crippen molar-refractivity contribution in [2.75, 3.05) is 0 Å². The summed E-state index contributed by atoms with van der Waals surface area (Å²) in [5.41, 5.74) is 0.587. The average Bonchev–Trinajstić information content (AvgIpc) is 2.17. The minimum absolute atomic E-state index is 0.0203. The number of aliphatic hydroxyl groups is 1. The van der Waals surface area contributed by atoms with Crippen LogP contribution >= 0.6 is 15.9 Å². The fraction of sp³-hybridized carbons (Fsp3) is 0.111. The number of nitrogens with zero attached hydrogens (tertiary/aromatic N) is 1. The Morgan fingerprint density at radius 2 is 2.21 bits per heavy atom. The quantitative estimate of drug-likeness (QED) is 0.840. The van der Waals surface area contributed by atoms with Gasteiger partial charge in [-0.05, 0) is 33.6 Å². The number of carbonyl (C=O) groups is 1. The van der Waals surface area contributed by atoms with Crippen LogP contribution in [-0.2, 0) is 6.61 Å². The number of rotatable bonds is 2. The van der Waals surface area contributed by atoms with Gasteiger partial charge in [0.25, 0.3) is 0 Å². The Hall–Kier alpha value is -1.38. The van der Waals surface area contributed by atoms with Gasteiger partial charge < -0.3 is 10.2 Å². The highest BCUT2D eigenvalue weighted by atomic mass is 79.9. The first kappa shape index (κ1) is 10.7. The zero-order chi connectivity index (χ0) is 10.7. The van der Waals surface area contributed by atoms with E-state index < -0.39 is 5.97 Å². The molecular formula is C9H6BrNO3. The Balaban J connectivity index is 3.44. The number of carboxylic acid groups (broad SMARTS) is 1. The number of halogens is 1. The molecule has 14 heavy (non-hydrogen) atoms. The van der Waals surface area contributed by atoms with E-state index in [9.17, 15) is 4.79 Å². The molecule has 0 amide bonds. The first-order valence-electron chi connectivity index (χ1n) is 3.66. The number of hydrogen-bond donors (Lipinski definition) is 2. The molecule has 5 heteroatoms. The number of nitriles is 1. The molecule has 0 spiro atoms. The topological polar surface area (TPSA) is 81.3 Å². The lowest BCUT2D eigenvalue weighted by Crippen LogP contribution is -2.01. The predicted molar refractivity (Wildman–Crippen MR) is 51.7 cm³/mol. The molecule has 1 aromatic carbocycles. The fourth-order valence-corrected chi connectivity index (χ4v) is 1.50. The summed E-state index contributed by atoms with van der Waals surface area (Å²) in [5, 5.41) is 26.3. The smallest absolute Gasteiger partial charge is 0.336 e. The van der Waals surface area contributed by atoms with Gasteiger partial charge in [-0.25, -0.2) is 4.79 Å². The van der Waals surface area contributed by atoms with Crippen LogP contribution in [0.15, 0.2) is 16.6 Å². The van der Waals surface area contributed by atoms with Crippen molar-refractivity contribution < 1.29 is 15.0 Å². The molecule has 0 unspecified atom stereocenters. The van der Waals surface area contributed by atoms with Gasteiger partial charge >= 0.3 is 5.97 Å². The van der Waals surface area contributed by atoms with Crippen LogP contribution < -0.4 is 0 Å². The third-order valence-electron chi connectivity index (χ3n) is 1.67. The average molecular weight is 256 g/mol. The Labute approximate surface area is 88.5 Å². The van der Waals surface area contributed by atoms with Crippen molar-refractivity contribution in [1.29, 1.82) is 5.26 Å². The Morgan fingerprint density at radius 1 is 1.57 bits per heavy atom. The third-order valence-corrected chi connectivity index (χ3v) is 2.52. The van der Waals surface area contributed by atoms with E-state index >= 15 is 0 Å². The summed E-state index contributed by atoms with van der Waals surface area (Å²) in [6.45, 7) is -0.289. The van der Waals surface area contributed by atoms with E-state index in [0.29, 0.717) is 5.56 Å². The molecule has 0 fully saturated rings. The highest BCUT2D eigenvalue weighted by Gasteiger charge is 2.13. The first-order valence-corrected chi connectivity index (χ1v) is 4.46. The van der Waals surface area contributed by atoms with E-state index in [-0.39, 0.29) is 22.2 Å². The van der Waals surface area contributed by atoms with E-state index in [1.807, 2.05) is 6.07 Å². The lowest BCUT2D eigenvalue weighted by atomic mass is 10.1. The normalized spacial score (nSPS) is 9.50. The minimum atomic E-state index is -1.14. The summed E-state index contributed by atoms with van der Waals surface area (Å²) in [6, 6.07) is 4.61. The Morgan fingerprint density at radius 3 is 2.64 bits per heavy atom. The molecule has 0 saturated carbocycles.